The average molecular weight is 600 g/mol. The number of ether oxygens (including phenoxy) is 1. The van der Waals surface area contributed by atoms with Gasteiger partial charge in [0.1, 0.15) is 18.3 Å². The zero-order valence-corrected chi connectivity index (χ0v) is 25.5. The molecule has 0 bridgehead atoms. The van der Waals surface area contributed by atoms with E-state index in [9.17, 15) is 18.0 Å². The zero-order chi connectivity index (χ0) is 30.0. The van der Waals surface area contributed by atoms with E-state index in [1.54, 1.807) is 37.4 Å². The monoisotopic (exact) mass is 599 g/mol. The van der Waals surface area contributed by atoms with Crippen LogP contribution in [0.2, 0.25) is 5.02 Å². The second-order valence-electron chi connectivity index (χ2n) is 9.75. The molecule has 10 heteroatoms. The molecule has 0 aromatic heterocycles. The Hall–Kier alpha value is -3.56. The number of nitrogens with one attached hydrogen (secondary N) is 1. The lowest BCUT2D eigenvalue weighted by atomic mass is 10.1. The van der Waals surface area contributed by atoms with Gasteiger partial charge in [-0.05, 0) is 79.4 Å². The smallest absolute Gasteiger partial charge is 0.264 e. The maximum atomic E-state index is 14.1. The first-order valence-corrected chi connectivity index (χ1v) is 15.5. The van der Waals surface area contributed by atoms with Crippen LogP contribution in [-0.4, -0.2) is 51.4 Å². The highest BCUT2D eigenvalue weighted by Crippen LogP contribution is 2.27. The Morgan fingerprint density at radius 2 is 1.71 bits per heavy atom. The largest absolute Gasteiger partial charge is 0.497 e. The van der Waals surface area contributed by atoms with Gasteiger partial charge in [0, 0.05) is 18.1 Å². The first kappa shape index (κ1) is 32.0. The number of nitrogens with zero attached hydrogens (tertiary/aromatic N) is 2. The number of benzene rings is 3. The number of hydrogen-bond donors (Lipinski definition) is 1. The van der Waals surface area contributed by atoms with Crippen molar-refractivity contribution in [3.63, 3.8) is 0 Å². The van der Waals surface area contributed by atoms with E-state index in [0.29, 0.717) is 29.4 Å². The van der Waals surface area contributed by atoms with Gasteiger partial charge in [-0.1, -0.05) is 56.1 Å². The molecule has 0 spiro atoms. The normalized spacial score (nSPS) is 11.9. The molecule has 0 aliphatic carbocycles. The number of sulfonamides is 1. The number of aryl methyl sites for hydroxylation is 1. The standard InChI is InChI=1S/C31H38ClN3O5S/c1-5-7-18-33-31(37)29(6-2)34(21-24-11-9-13-27(20-24)40-4)30(36)22-35(26-12-8-10-23(3)19-26)41(38,39)28-16-14-25(32)15-17-28/h8-17,19-20,29H,5-7,18,21-22H2,1-4H3,(H,33,37)/t29-/m0/s1. The van der Waals surface area contributed by atoms with E-state index in [-0.39, 0.29) is 17.3 Å². The van der Waals surface area contributed by atoms with Gasteiger partial charge in [-0.25, -0.2) is 8.42 Å². The van der Waals surface area contributed by atoms with Gasteiger partial charge in [-0.15, -0.1) is 0 Å². The predicted octanol–water partition coefficient (Wildman–Crippen LogP) is 5.58. The van der Waals surface area contributed by atoms with E-state index in [4.69, 9.17) is 16.3 Å². The number of amides is 2. The number of halogens is 1. The van der Waals surface area contributed by atoms with Crippen LogP contribution >= 0.6 is 11.6 Å². The molecule has 1 atom stereocenters. The predicted molar refractivity (Wildman–Crippen MR) is 163 cm³/mol. The molecule has 8 nitrogen and oxygen atoms in total. The van der Waals surface area contributed by atoms with Crippen LogP contribution in [0.25, 0.3) is 0 Å². The molecule has 0 unspecified atom stereocenters. The summed E-state index contributed by atoms with van der Waals surface area (Å²) in [6, 6.07) is 19.2. The van der Waals surface area contributed by atoms with Gasteiger partial charge in [0.15, 0.2) is 0 Å². The zero-order valence-electron chi connectivity index (χ0n) is 24.0. The molecule has 220 valence electrons. The Balaban J connectivity index is 2.04. The number of rotatable bonds is 14. The average Bonchev–Trinajstić information content (AvgIpc) is 2.96. The number of hydrogen-bond acceptors (Lipinski definition) is 5. The van der Waals surface area contributed by atoms with Gasteiger partial charge in [0.25, 0.3) is 10.0 Å². The van der Waals surface area contributed by atoms with E-state index in [0.717, 1.165) is 28.3 Å². The summed E-state index contributed by atoms with van der Waals surface area (Å²) in [7, 11) is -2.61. The minimum Gasteiger partial charge on any atom is -0.497 e. The first-order chi connectivity index (χ1) is 19.6. The van der Waals surface area contributed by atoms with Crippen LogP contribution in [0.3, 0.4) is 0 Å². The van der Waals surface area contributed by atoms with Crippen molar-refractivity contribution in [1.29, 1.82) is 0 Å². The number of unbranched alkanes of at least 4 members (excludes halogenated alkanes) is 1. The van der Waals surface area contributed by atoms with Crippen LogP contribution in [0, 0.1) is 6.92 Å². The summed E-state index contributed by atoms with van der Waals surface area (Å²) in [6.45, 7) is 5.80. The molecule has 0 saturated carbocycles. The fourth-order valence-corrected chi connectivity index (χ4v) is 5.97. The van der Waals surface area contributed by atoms with Gasteiger partial charge in [0.2, 0.25) is 11.8 Å². The lowest BCUT2D eigenvalue weighted by Gasteiger charge is -2.33. The van der Waals surface area contributed by atoms with Gasteiger partial charge >= 0.3 is 0 Å². The van der Waals surface area contributed by atoms with Crippen molar-refractivity contribution in [2.45, 2.75) is 57.5 Å². The molecule has 41 heavy (non-hydrogen) atoms. The lowest BCUT2D eigenvalue weighted by Crippen LogP contribution is -2.52. The van der Waals surface area contributed by atoms with Crippen molar-refractivity contribution in [1.82, 2.24) is 10.2 Å². The van der Waals surface area contributed by atoms with Crippen LogP contribution in [0.1, 0.15) is 44.2 Å². The van der Waals surface area contributed by atoms with Crippen molar-refractivity contribution >= 4 is 39.1 Å². The Morgan fingerprint density at radius 1 is 1.00 bits per heavy atom. The fraction of sp³-hybridized carbons (Fsp3) is 0.355. The molecule has 3 aromatic rings. The second-order valence-corrected chi connectivity index (χ2v) is 12.0. The number of carbonyl (C=O) groups excluding carboxylic acids is 2. The van der Waals surface area contributed by atoms with E-state index in [2.05, 4.69) is 5.32 Å². The van der Waals surface area contributed by atoms with Crippen molar-refractivity contribution in [3.05, 3.63) is 88.9 Å². The number of methoxy groups -OCH3 is 1. The Morgan fingerprint density at radius 3 is 2.34 bits per heavy atom. The summed E-state index contributed by atoms with van der Waals surface area (Å²) >= 11 is 6.01. The topological polar surface area (TPSA) is 96.0 Å². The molecule has 0 saturated heterocycles. The quantitative estimate of drug-likeness (QED) is 0.244. The highest BCUT2D eigenvalue weighted by atomic mass is 35.5. The van der Waals surface area contributed by atoms with Crippen LogP contribution in [0.4, 0.5) is 5.69 Å². The third-order valence-corrected chi connectivity index (χ3v) is 8.71. The van der Waals surface area contributed by atoms with E-state index < -0.39 is 28.5 Å². The molecule has 0 aliphatic heterocycles. The fourth-order valence-electron chi connectivity index (χ4n) is 4.44. The van der Waals surface area contributed by atoms with E-state index >= 15 is 0 Å². The Labute approximate surface area is 248 Å². The Bertz CT molecular complexity index is 1430. The van der Waals surface area contributed by atoms with E-state index in [1.165, 1.54) is 29.2 Å². The summed E-state index contributed by atoms with van der Waals surface area (Å²) in [4.78, 5) is 28.9. The van der Waals surface area contributed by atoms with Crippen LogP contribution < -0.4 is 14.4 Å². The van der Waals surface area contributed by atoms with Crippen LogP contribution in [-0.2, 0) is 26.2 Å². The molecule has 3 aromatic carbocycles. The molecular formula is C31H38ClN3O5S. The Kier molecular flexibility index (Phi) is 11.6. The van der Waals surface area contributed by atoms with Crippen molar-refractivity contribution in [3.8, 4) is 5.75 Å². The lowest BCUT2D eigenvalue weighted by molar-refractivity contribution is -0.140. The summed E-state index contributed by atoms with van der Waals surface area (Å²) in [5, 5.41) is 3.33. The van der Waals surface area contributed by atoms with Crippen LogP contribution in [0.15, 0.2) is 77.7 Å². The second kappa shape index (κ2) is 14.9. The molecule has 2 amide bonds. The number of carbonyl (C=O) groups is 2. The van der Waals surface area contributed by atoms with Crippen LogP contribution in [0.5, 0.6) is 5.75 Å². The SMILES string of the molecule is CCCCNC(=O)[C@H](CC)N(Cc1cccc(OC)c1)C(=O)CN(c1cccc(C)c1)S(=O)(=O)c1ccc(Cl)cc1. The van der Waals surface area contributed by atoms with Gasteiger partial charge in [0.05, 0.1) is 17.7 Å². The van der Waals surface area contributed by atoms with Gasteiger partial charge in [-0.2, -0.15) is 0 Å². The molecule has 0 aliphatic rings. The molecule has 0 fully saturated rings. The summed E-state index contributed by atoms with van der Waals surface area (Å²) in [5.41, 5.74) is 1.93. The van der Waals surface area contributed by atoms with Crippen molar-refractivity contribution in [2.24, 2.45) is 0 Å². The summed E-state index contributed by atoms with van der Waals surface area (Å²) < 4.78 is 34.3. The van der Waals surface area contributed by atoms with Gasteiger partial charge < -0.3 is 15.0 Å². The summed E-state index contributed by atoms with van der Waals surface area (Å²) in [5.74, 6) is -0.175. The minimum atomic E-state index is -4.16. The maximum Gasteiger partial charge on any atom is 0.264 e. The van der Waals surface area contributed by atoms with E-state index in [1.807, 2.05) is 39.0 Å². The summed E-state index contributed by atoms with van der Waals surface area (Å²) in [6.07, 6.45) is 2.08. The number of anilines is 1. The third-order valence-electron chi connectivity index (χ3n) is 6.67. The van der Waals surface area contributed by atoms with Gasteiger partial charge in [-0.3, -0.25) is 13.9 Å². The van der Waals surface area contributed by atoms with Crippen molar-refractivity contribution < 1.29 is 22.7 Å². The van der Waals surface area contributed by atoms with Crippen molar-refractivity contribution in [2.75, 3.05) is 24.5 Å². The first-order valence-electron chi connectivity index (χ1n) is 13.7. The minimum absolute atomic E-state index is 0.0000907. The highest BCUT2D eigenvalue weighted by Gasteiger charge is 2.33. The maximum absolute atomic E-state index is 14.1. The molecule has 3 rings (SSSR count). The highest BCUT2D eigenvalue weighted by molar-refractivity contribution is 7.92. The molecule has 0 heterocycles. The molecular weight excluding hydrogens is 562 g/mol. The third kappa shape index (κ3) is 8.47. The molecule has 1 N–H and O–H groups in total. The molecule has 0 radical (unpaired) electrons.